The first kappa shape index (κ1) is 30.5. The van der Waals surface area contributed by atoms with E-state index in [2.05, 4.69) is 23.1 Å². The quantitative estimate of drug-likeness (QED) is 0.0721. The van der Waals surface area contributed by atoms with Crippen LogP contribution < -0.4 is 11.3 Å². The molecular weight excluding hydrogens is 577 g/mol. The number of phosphoric ester groups is 1. The van der Waals surface area contributed by atoms with Gasteiger partial charge in [-0.3, -0.25) is 14.3 Å². The van der Waals surface area contributed by atoms with Crippen molar-refractivity contribution in [2.24, 2.45) is 0 Å². The zero-order valence-corrected chi connectivity index (χ0v) is 22.3. The maximum absolute atomic E-state index is 12.1. The van der Waals surface area contributed by atoms with E-state index in [4.69, 9.17) is 25.0 Å². The van der Waals surface area contributed by atoms with Gasteiger partial charge in [-0.1, -0.05) is 21.6 Å². The van der Waals surface area contributed by atoms with Crippen LogP contribution in [-0.2, 0) is 42.9 Å². The van der Waals surface area contributed by atoms with Gasteiger partial charge in [-0.05, 0) is 12.3 Å². The molecule has 17 nitrogen and oxygen atoms in total. The molecule has 0 bridgehead atoms. The van der Waals surface area contributed by atoms with Crippen LogP contribution in [0.2, 0.25) is 0 Å². The second-order valence-electron chi connectivity index (χ2n) is 6.42. The van der Waals surface area contributed by atoms with Crippen LogP contribution in [0.25, 0.3) is 11.0 Å². The second kappa shape index (κ2) is 12.7. The summed E-state index contributed by atoms with van der Waals surface area (Å²) in [4.78, 5) is 54.7. The molecule has 0 radical (unpaired) electrons. The number of nitrogen functional groups attached to an aromatic ring is 1. The number of nitrogens with one attached hydrogen (secondary N) is 1. The van der Waals surface area contributed by atoms with Gasteiger partial charge < -0.3 is 39.3 Å². The summed E-state index contributed by atoms with van der Waals surface area (Å²) in [6.45, 7) is -0.725. The third-order valence-electron chi connectivity index (χ3n) is 4.01. The predicted octanol–water partition coefficient (Wildman–Crippen LogP) is 1.02. The van der Waals surface area contributed by atoms with E-state index < -0.39 is 47.8 Å². The van der Waals surface area contributed by atoms with Crippen LogP contribution in [0.15, 0.2) is 17.1 Å². The fraction of sp³-hybridized carbons (Fsp3) is 0.538. The molecule has 0 saturated heterocycles. The molecule has 0 amide bonds. The summed E-state index contributed by atoms with van der Waals surface area (Å²) in [5.41, 5.74) is 5.39. The highest BCUT2D eigenvalue weighted by Gasteiger charge is 2.41. The zero-order valence-electron chi connectivity index (χ0n) is 18.0. The lowest BCUT2D eigenvalue weighted by molar-refractivity contribution is -0.0684. The topological polar surface area (TPSA) is 255 Å². The summed E-state index contributed by atoms with van der Waals surface area (Å²) in [5, 5.41) is 0.249. The highest BCUT2D eigenvalue weighted by Crippen LogP contribution is 2.66. The van der Waals surface area contributed by atoms with E-state index in [-0.39, 0.29) is 29.5 Å². The molecule has 2 aromatic rings. The van der Waals surface area contributed by atoms with Crippen molar-refractivity contribution in [3.63, 3.8) is 0 Å². The van der Waals surface area contributed by atoms with Gasteiger partial charge >= 0.3 is 23.5 Å². The summed E-state index contributed by atoms with van der Waals surface area (Å²) < 4.78 is 59.0. The van der Waals surface area contributed by atoms with E-state index in [1.165, 1.54) is 39.3 Å². The van der Waals surface area contributed by atoms with Crippen molar-refractivity contribution < 1.29 is 55.9 Å². The number of fused-ring (bicyclic) bond motifs is 1. The summed E-state index contributed by atoms with van der Waals surface area (Å²) in [5.74, 6) is 0.0323. The number of anilines is 1. The summed E-state index contributed by atoms with van der Waals surface area (Å²) in [6.07, 6.45) is 1.38. The van der Waals surface area contributed by atoms with Gasteiger partial charge in [0.05, 0.1) is 18.5 Å². The van der Waals surface area contributed by atoms with E-state index in [1.807, 2.05) is 6.26 Å². The van der Waals surface area contributed by atoms with Crippen molar-refractivity contribution in [3.05, 3.63) is 22.6 Å². The fourth-order valence-corrected chi connectivity index (χ4v) is 6.48. The highest BCUT2D eigenvalue weighted by atomic mass is 33.1. The van der Waals surface area contributed by atoms with Crippen molar-refractivity contribution in [2.75, 3.05) is 31.6 Å². The van der Waals surface area contributed by atoms with Gasteiger partial charge in [-0.2, -0.15) is 13.6 Å². The molecule has 0 aliphatic heterocycles. The number of aromatic amines is 1. The molecule has 2 heterocycles. The molecular formula is C13H23N4O13P3S2. The lowest BCUT2D eigenvalue weighted by Gasteiger charge is -2.27. The molecule has 0 spiro atoms. The van der Waals surface area contributed by atoms with Crippen LogP contribution in [-0.4, -0.2) is 72.2 Å². The molecule has 0 aliphatic carbocycles. The number of nitrogens with zero attached hydrogens (tertiary/aromatic N) is 2. The first-order chi connectivity index (χ1) is 16.2. The smallest absolute Gasteiger partial charge is 0.376 e. The molecule has 200 valence electrons. The summed E-state index contributed by atoms with van der Waals surface area (Å²) in [7, 11) is -12.6. The van der Waals surface area contributed by atoms with E-state index in [0.29, 0.717) is 0 Å². The third kappa shape index (κ3) is 9.91. The van der Waals surface area contributed by atoms with Crippen molar-refractivity contribution in [1.29, 1.82) is 0 Å². The number of methoxy groups -OCH3 is 1. The van der Waals surface area contributed by atoms with Crippen LogP contribution in [0.1, 0.15) is 0 Å². The number of rotatable bonds is 15. The number of aromatic nitrogens is 3. The van der Waals surface area contributed by atoms with Gasteiger partial charge in [0.15, 0.2) is 0 Å². The Hall–Kier alpha value is -0.750. The lowest BCUT2D eigenvalue weighted by atomic mass is 10.2. The Kier molecular flexibility index (Phi) is 11.0. The zero-order chi connectivity index (χ0) is 26.4. The van der Waals surface area contributed by atoms with Gasteiger partial charge in [0.1, 0.15) is 23.8 Å². The Morgan fingerprint density at radius 1 is 1.17 bits per heavy atom. The average molecular weight is 600 g/mol. The molecule has 2 aromatic heterocycles. The summed E-state index contributed by atoms with van der Waals surface area (Å²) >= 11 is 0. The van der Waals surface area contributed by atoms with Gasteiger partial charge in [0, 0.05) is 13.3 Å². The Balaban J connectivity index is 2.20. The minimum atomic E-state index is -5.67. The number of hydrogen-bond acceptors (Lipinski definition) is 13. The first-order valence-corrected chi connectivity index (χ1v) is 16.3. The van der Waals surface area contributed by atoms with E-state index in [0.717, 1.165) is 0 Å². The highest BCUT2D eigenvalue weighted by molar-refractivity contribution is 8.76. The maximum atomic E-state index is 12.1. The largest absolute Gasteiger partial charge is 0.490 e. The number of H-pyrrole nitrogens is 1. The molecule has 0 aromatic carbocycles. The second-order valence-corrected chi connectivity index (χ2v) is 13.4. The van der Waals surface area contributed by atoms with Crippen LogP contribution in [0.5, 0.6) is 0 Å². The minimum Gasteiger partial charge on any atom is -0.376 e. The molecule has 2 rings (SSSR count). The van der Waals surface area contributed by atoms with Crippen molar-refractivity contribution >= 4 is 62.0 Å². The van der Waals surface area contributed by atoms with Crippen molar-refractivity contribution in [1.82, 2.24) is 14.5 Å². The van der Waals surface area contributed by atoms with Gasteiger partial charge in [0.2, 0.25) is 5.95 Å². The molecule has 35 heavy (non-hydrogen) atoms. The van der Waals surface area contributed by atoms with Crippen LogP contribution in [0.4, 0.5) is 5.95 Å². The Morgan fingerprint density at radius 2 is 1.86 bits per heavy atom. The SMILES string of the molecule is CO[C@H](COP(=O)(O)OP(=O)(O)OP(=O)(O)O)[C@H](Cn1ccc2c(=O)[nH]c(N)nc21)OCSSC. The lowest BCUT2D eigenvalue weighted by Crippen LogP contribution is -2.38. The van der Waals surface area contributed by atoms with E-state index in [1.54, 1.807) is 6.20 Å². The number of ether oxygens (including phenoxy) is 2. The predicted molar refractivity (Wildman–Crippen MR) is 126 cm³/mol. The van der Waals surface area contributed by atoms with Crippen molar-refractivity contribution in [3.8, 4) is 0 Å². The molecule has 0 saturated carbocycles. The normalized spacial score (nSPS) is 17.7. The Morgan fingerprint density at radius 3 is 2.46 bits per heavy atom. The molecule has 0 aliphatic rings. The Bertz CT molecular complexity index is 1200. The van der Waals surface area contributed by atoms with Crippen LogP contribution >= 0.6 is 45.1 Å². The van der Waals surface area contributed by atoms with E-state index in [9.17, 15) is 28.3 Å². The van der Waals surface area contributed by atoms with Crippen molar-refractivity contribution in [2.45, 2.75) is 18.8 Å². The third-order valence-corrected chi connectivity index (χ3v) is 9.27. The van der Waals surface area contributed by atoms with Crippen LogP contribution in [0, 0.1) is 0 Å². The minimum absolute atomic E-state index is 0.00655. The monoisotopic (exact) mass is 600 g/mol. The number of nitrogens with two attached hydrogens (primary N) is 1. The molecule has 2 unspecified atom stereocenters. The standard InChI is InChI=1S/C13H23N4O13P3S2/c1-26-10(6-28-32(22,23)30-33(24,25)29-31(19,20)21)9(27-7-35-34-2)5-17-4-3-8-11(17)15-13(14)16-12(8)18/h3-4,9-10H,5-7H2,1-2H3,(H,22,23)(H,24,25)(H2,19,20,21)(H3,14,15,16,18)/t9-,10+/m0/s1. The first-order valence-electron chi connectivity index (χ1n) is 9.09. The Labute approximate surface area is 205 Å². The number of hydrogen-bond donors (Lipinski definition) is 6. The molecule has 7 N–H and O–H groups in total. The van der Waals surface area contributed by atoms with Gasteiger partial charge in [-0.15, -0.1) is 0 Å². The van der Waals surface area contributed by atoms with Gasteiger partial charge in [-0.25, -0.2) is 13.7 Å². The molecule has 0 fully saturated rings. The van der Waals surface area contributed by atoms with E-state index >= 15 is 0 Å². The fourth-order valence-electron chi connectivity index (χ4n) is 2.67. The molecule has 22 heteroatoms. The average Bonchev–Trinajstić information content (AvgIpc) is 3.08. The van der Waals surface area contributed by atoms with Gasteiger partial charge in [0.25, 0.3) is 5.56 Å². The van der Waals surface area contributed by atoms with Crippen LogP contribution in [0.3, 0.4) is 0 Å². The number of phosphoric acid groups is 3. The summed E-state index contributed by atoms with van der Waals surface area (Å²) in [6, 6.07) is 1.50. The molecule has 4 atom stereocenters. The maximum Gasteiger partial charge on any atom is 0.490 e.